The van der Waals surface area contributed by atoms with E-state index < -0.39 is 0 Å². The molecule has 0 bridgehead atoms. The van der Waals surface area contributed by atoms with Crippen LogP contribution in [-0.4, -0.2) is 37.1 Å². The maximum Gasteiger partial charge on any atom is 0.316 e. The lowest BCUT2D eigenvalue weighted by atomic mass is 10.0. The Balaban J connectivity index is 1.52. The Morgan fingerprint density at radius 2 is 2.12 bits per heavy atom. The number of hydrogen-bond donors (Lipinski definition) is 0. The first kappa shape index (κ1) is 16.8. The molecular formula is C19H23N5O2. The molecule has 26 heavy (non-hydrogen) atoms. The summed E-state index contributed by atoms with van der Waals surface area (Å²) in [5.74, 6) is 1.88. The van der Waals surface area contributed by atoms with Crippen LogP contribution >= 0.6 is 0 Å². The number of nitrogens with zero attached hydrogens (tertiary/aromatic N) is 5. The van der Waals surface area contributed by atoms with E-state index in [-0.39, 0.29) is 6.04 Å². The lowest BCUT2D eigenvalue weighted by molar-refractivity contribution is 0.0951. The van der Waals surface area contributed by atoms with Crippen molar-refractivity contribution in [3.63, 3.8) is 0 Å². The normalized spacial score (nSPS) is 17.3. The van der Waals surface area contributed by atoms with Gasteiger partial charge in [0.05, 0.1) is 24.6 Å². The Hall–Kier alpha value is -2.67. The van der Waals surface area contributed by atoms with Gasteiger partial charge in [0.2, 0.25) is 0 Å². The Bertz CT molecular complexity index is 901. The quantitative estimate of drug-likeness (QED) is 0.702. The Labute approximate surface area is 152 Å². The van der Waals surface area contributed by atoms with Crippen molar-refractivity contribution in [2.24, 2.45) is 7.05 Å². The number of aryl methyl sites for hydroxylation is 3. The zero-order valence-corrected chi connectivity index (χ0v) is 15.3. The average Bonchev–Trinajstić information content (AvgIpc) is 3.19. The number of aromatic nitrogens is 4. The maximum atomic E-state index is 5.91. The van der Waals surface area contributed by atoms with E-state index in [9.17, 15) is 0 Å². The smallest absolute Gasteiger partial charge is 0.316 e. The third-order valence-corrected chi connectivity index (χ3v) is 4.78. The van der Waals surface area contributed by atoms with Gasteiger partial charge >= 0.3 is 6.01 Å². The summed E-state index contributed by atoms with van der Waals surface area (Å²) in [4.78, 5) is 15.4. The molecular weight excluding hydrogens is 330 g/mol. The highest BCUT2D eigenvalue weighted by molar-refractivity contribution is 5.19. The summed E-state index contributed by atoms with van der Waals surface area (Å²) in [6, 6.07) is 6.52. The van der Waals surface area contributed by atoms with Crippen molar-refractivity contribution in [2.45, 2.75) is 39.4 Å². The summed E-state index contributed by atoms with van der Waals surface area (Å²) in [6.45, 7) is 5.92. The lowest BCUT2D eigenvalue weighted by Gasteiger charge is -2.34. The van der Waals surface area contributed by atoms with Crippen LogP contribution in [0.5, 0.6) is 6.01 Å². The molecule has 1 aliphatic rings. The Morgan fingerprint density at radius 3 is 2.88 bits per heavy atom. The fourth-order valence-corrected chi connectivity index (χ4v) is 3.36. The van der Waals surface area contributed by atoms with Crippen LogP contribution in [-0.2, 0) is 26.6 Å². The van der Waals surface area contributed by atoms with Crippen LogP contribution in [0.1, 0.15) is 28.6 Å². The number of rotatable bonds is 5. The number of fused-ring (bicyclic) bond motifs is 1. The van der Waals surface area contributed by atoms with Crippen molar-refractivity contribution in [3.05, 3.63) is 59.3 Å². The van der Waals surface area contributed by atoms with Crippen molar-refractivity contribution in [1.29, 1.82) is 0 Å². The molecule has 0 fully saturated rings. The molecule has 0 saturated heterocycles. The molecule has 1 atom stereocenters. The van der Waals surface area contributed by atoms with E-state index in [0.717, 1.165) is 42.4 Å². The molecule has 0 aliphatic carbocycles. The first-order valence-electron chi connectivity index (χ1n) is 8.79. The second-order valence-electron chi connectivity index (χ2n) is 6.82. The van der Waals surface area contributed by atoms with Gasteiger partial charge in [-0.1, -0.05) is 0 Å². The van der Waals surface area contributed by atoms with E-state index in [1.54, 1.807) is 6.20 Å². The third kappa shape index (κ3) is 3.48. The summed E-state index contributed by atoms with van der Waals surface area (Å²) < 4.78 is 13.8. The fourth-order valence-electron chi connectivity index (χ4n) is 3.36. The van der Waals surface area contributed by atoms with E-state index in [1.165, 1.54) is 5.69 Å². The minimum absolute atomic E-state index is 0.201. The van der Waals surface area contributed by atoms with Gasteiger partial charge < -0.3 is 13.7 Å². The standard InChI is InChI=1S/C19H23N5O2/c1-13-6-7-20-19(22-13)25-11-15-8-18-17(21-12-23(18)3)10-24(15)9-16-5-4-14(2)26-16/h4-7,12,15H,8-11H2,1-3H3. The number of ether oxygens (including phenoxy) is 1. The molecule has 0 radical (unpaired) electrons. The minimum atomic E-state index is 0.201. The number of imidazole rings is 1. The van der Waals surface area contributed by atoms with Crippen molar-refractivity contribution < 1.29 is 9.15 Å². The summed E-state index contributed by atoms with van der Waals surface area (Å²) >= 11 is 0. The van der Waals surface area contributed by atoms with Gasteiger partial charge in [-0.2, -0.15) is 0 Å². The van der Waals surface area contributed by atoms with E-state index in [4.69, 9.17) is 9.15 Å². The van der Waals surface area contributed by atoms with Crippen LogP contribution < -0.4 is 4.74 Å². The molecule has 0 amide bonds. The van der Waals surface area contributed by atoms with E-state index in [1.807, 2.05) is 45.4 Å². The van der Waals surface area contributed by atoms with E-state index in [2.05, 4.69) is 24.4 Å². The zero-order chi connectivity index (χ0) is 18.1. The van der Waals surface area contributed by atoms with Gasteiger partial charge in [0.1, 0.15) is 18.1 Å². The van der Waals surface area contributed by atoms with Crippen molar-refractivity contribution >= 4 is 0 Å². The van der Waals surface area contributed by atoms with Crippen LogP contribution in [0.4, 0.5) is 0 Å². The highest BCUT2D eigenvalue weighted by atomic mass is 16.5. The van der Waals surface area contributed by atoms with Crippen LogP contribution in [0.15, 0.2) is 35.1 Å². The zero-order valence-electron chi connectivity index (χ0n) is 15.3. The first-order valence-corrected chi connectivity index (χ1v) is 8.79. The summed E-state index contributed by atoms with van der Waals surface area (Å²) in [6.07, 6.45) is 4.48. The largest absolute Gasteiger partial charge is 0.465 e. The predicted octanol–water partition coefficient (Wildman–Crippen LogP) is 2.43. The molecule has 3 aromatic heterocycles. The topological polar surface area (TPSA) is 69.2 Å². The van der Waals surface area contributed by atoms with Crippen LogP contribution in [0.25, 0.3) is 0 Å². The van der Waals surface area contributed by atoms with Gasteiger partial charge in [-0.25, -0.2) is 15.0 Å². The van der Waals surface area contributed by atoms with Gasteiger partial charge in [-0.05, 0) is 32.0 Å². The minimum Gasteiger partial charge on any atom is -0.465 e. The molecule has 1 unspecified atom stereocenters. The summed E-state index contributed by atoms with van der Waals surface area (Å²) in [7, 11) is 2.04. The van der Waals surface area contributed by atoms with Crippen LogP contribution in [0.3, 0.4) is 0 Å². The molecule has 4 heterocycles. The number of furan rings is 1. The highest BCUT2D eigenvalue weighted by Crippen LogP contribution is 2.25. The third-order valence-electron chi connectivity index (χ3n) is 4.78. The average molecular weight is 353 g/mol. The summed E-state index contributed by atoms with van der Waals surface area (Å²) in [5, 5.41) is 0. The number of hydrogen-bond acceptors (Lipinski definition) is 6. The summed E-state index contributed by atoms with van der Waals surface area (Å²) in [5.41, 5.74) is 3.28. The van der Waals surface area contributed by atoms with Crippen molar-refractivity contribution in [2.75, 3.05) is 6.61 Å². The Morgan fingerprint density at radius 1 is 1.23 bits per heavy atom. The molecule has 0 saturated carbocycles. The SMILES string of the molecule is Cc1ccnc(OCC2Cc3c(ncn3C)CN2Cc2ccc(C)o2)n1. The predicted molar refractivity (Wildman–Crippen MR) is 95.7 cm³/mol. The van der Waals surface area contributed by atoms with Crippen molar-refractivity contribution in [3.8, 4) is 6.01 Å². The highest BCUT2D eigenvalue weighted by Gasteiger charge is 2.30. The monoisotopic (exact) mass is 353 g/mol. The second-order valence-corrected chi connectivity index (χ2v) is 6.82. The van der Waals surface area contributed by atoms with Crippen LogP contribution in [0.2, 0.25) is 0 Å². The maximum absolute atomic E-state index is 5.91. The van der Waals surface area contributed by atoms with Gasteiger partial charge in [0.15, 0.2) is 0 Å². The Kier molecular flexibility index (Phi) is 4.46. The van der Waals surface area contributed by atoms with Gasteiger partial charge in [0, 0.05) is 37.6 Å². The molecule has 3 aromatic rings. The lowest BCUT2D eigenvalue weighted by Crippen LogP contribution is -2.44. The van der Waals surface area contributed by atoms with Gasteiger partial charge in [-0.15, -0.1) is 0 Å². The fraction of sp³-hybridized carbons (Fsp3) is 0.421. The van der Waals surface area contributed by atoms with E-state index >= 15 is 0 Å². The van der Waals surface area contributed by atoms with Crippen molar-refractivity contribution in [1.82, 2.24) is 24.4 Å². The van der Waals surface area contributed by atoms with E-state index in [0.29, 0.717) is 12.6 Å². The van der Waals surface area contributed by atoms with Crippen LogP contribution in [0, 0.1) is 13.8 Å². The molecule has 0 aromatic carbocycles. The molecule has 1 aliphatic heterocycles. The molecule has 0 N–H and O–H groups in total. The molecule has 0 spiro atoms. The molecule has 4 rings (SSSR count). The molecule has 7 nitrogen and oxygen atoms in total. The molecule has 136 valence electrons. The second kappa shape index (κ2) is 6.92. The first-order chi connectivity index (χ1) is 12.6. The molecule has 7 heteroatoms. The van der Waals surface area contributed by atoms with Gasteiger partial charge in [-0.3, -0.25) is 4.90 Å². The van der Waals surface area contributed by atoms with Gasteiger partial charge in [0.25, 0.3) is 0 Å².